The molecule has 1 fully saturated rings. The molecular formula is C21H42O3. The zero-order chi connectivity index (χ0) is 17.5. The van der Waals surface area contributed by atoms with Crippen LogP contribution in [0, 0.1) is 0 Å². The number of aliphatic hydroxyl groups excluding tert-OH is 1. The number of hydrogen-bond acceptors (Lipinski definition) is 3. The van der Waals surface area contributed by atoms with Crippen molar-refractivity contribution in [3.05, 3.63) is 0 Å². The minimum atomic E-state index is -0.772. The Balaban J connectivity index is 1.81. The van der Waals surface area contributed by atoms with Crippen LogP contribution < -0.4 is 0 Å². The van der Waals surface area contributed by atoms with E-state index < -0.39 is 5.60 Å². The summed E-state index contributed by atoms with van der Waals surface area (Å²) in [5.41, 5.74) is -0.772. The van der Waals surface area contributed by atoms with Crippen molar-refractivity contribution in [1.29, 1.82) is 0 Å². The molecule has 1 rings (SSSR count). The van der Waals surface area contributed by atoms with Crippen LogP contribution in [-0.4, -0.2) is 35.1 Å². The summed E-state index contributed by atoms with van der Waals surface area (Å²) in [4.78, 5) is 0. The maximum atomic E-state index is 10.5. The van der Waals surface area contributed by atoms with E-state index in [9.17, 15) is 10.2 Å². The van der Waals surface area contributed by atoms with E-state index in [0.29, 0.717) is 13.0 Å². The maximum absolute atomic E-state index is 10.5. The van der Waals surface area contributed by atoms with Crippen molar-refractivity contribution in [3.63, 3.8) is 0 Å². The van der Waals surface area contributed by atoms with Gasteiger partial charge in [-0.15, -0.1) is 0 Å². The summed E-state index contributed by atoms with van der Waals surface area (Å²) >= 11 is 0. The Bertz CT molecular complexity index is 282. The topological polar surface area (TPSA) is 49.7 Å². The van der Waals surface area contributed by atoms with E-state index in [0.717, 1.165) is 12.8 Å². The lowest BCUT2D eigenvalue weighted by molar-refractivity contribution is -0.0668. The highest BCUT2D eigenvalue weighted by molar-refractivity contribution is 4.91. The van der Waals surface area contributed by atoms with Gasteiger partial charge in [-0.2, -0.15) is 0 Å². The van der Waals surface area contributed by atoms with Crippen LogP contribution in [0.25, 0.3) is 0 Å². The molecule has 0 aromatic carbocycles. The van der Waals surface area contributed by atoms with Crippen molar-refractivity contribution >= 4 is 0 Å². The molecule has 1 heterocycles. The molecule has 0 unspecified atom stereocenters. The lowest BCUT2D eigenvalue weighted by atomic mass is 9.89. The van der Waals surface area contributed by atoms with Crippen LogP contribution in [-0.2, 0) is 4.74 Å². The van der Waals surface area contributed by atoms with Gasteiger partial charge in [0.2, 0.25) is 0 Å². The first-order valence-electron chi connectivity index (χ1n) is 10.7. The maximum Gasteiger partial charge on any atom is 0.109 e. The molecule has 0 radical (unpaired) electrons. The smallest absolute Gasteiger partial charge is 0.109 e. The molecule has 0 aliphatic carbocycles. The molecule has 3 heteroatoms. The van der Waals surface area contributed by atoms with Crippen LogP contribution in [0.4, 0.5) is 0 Å². The van der Waals surface area contributed by atoms with Crippen LogP contribution in [0.2, 0.25) is 0 Å². The molecule has 0 aromatic heterocycles. The van der Waals surface area contributed by atoms with Gasteiger partial charge in [0.05, 0.1) is 18.8 Å². The molecule has 1 aliphatic rings. The quantitative estimate of drug-likeness (QED) is 0.371. The normalized spacial score (nSPS) is 23.9. The van der Waals surface area contributed by atoms with E-state index in [-0.39, 0.29) is 12.7 Å². The highest BCUT2D eigenvalue weighted by Gasteiger charge is 2.41. The van der Waals surface area contributed by atoms with Crippen LogP contribution in [0.1, 0.15) is 110 Å². The average molecular weight is 343 g/mol. The molecule has 0 saturated carbocycles. The van der Waals surface area contributed by atoms with Gasteiger partial charge < -0.3 is 14.9 Å². The standard InChI is InChI=1S/C21H42O3/c1-2-3-4-5-6-7-8-9-10-11-12-13-14-15-16-21(23)17-18-24-20(21)19-22/h20,22-23H,2-19H2,1H3/t20-,21+/m1/s1. The molecule has 0 bridgehead atoms. The third-order valence-electron chi connectivity index (χ3n) is 5.58. The van der Waals surface area contributed by atoms with Gasteiger partial charge in [0.1, 0.15) is 6.10 Å². The average Bonchev–Trinajstić information content (AvgIpc) is 2.96. The third kappa shape index (κ3) is 9.39. The zero-order valence-corrected chi connectivity index (χ0v) is 16.1. The molecule has 0 amide bonds. The predicted molar refractivity (Wildman–Crippen MR) is 101 cm³/mol. The SMILES string of the molecule is CCCCCCCCCCCCCCCC[C@]1(O)CCO[C@@H]1CO. The lowest BCUT2D eigenvalue weighted by Crippen LogP contribution is -2.40. The molecule has 0 aromatic rings. The van der Waals surface area contributed by atoms with E-state index in [1.807, 2.05) is 0 Å². The Labute approximate surface area is 150 Å². The molecule has 24 heavy (non-hydrogen) atoms. The lowest BCUT2D eigenvalue weighted by Gasteiger charge is -2.27. The van der Waals surface area contributed by atoms with Crippen molar-refractivity contribution in [2.45, 2.75) is 121 Å². The molecule has 2 atom stereocenters. The van der Waals surface area contributed by atoms with Gasteiger partial charge in [0.15, 0.2) is 0 Å². The fraction of sp³-hybridized carbons (Fsp3) is 1.00. The molecule has 3 nitrogen and oxygen atoms in total. The largest absolute Gasteiger partial charge is 0.394 e. The molecule has 2 N–H and O–H groups in total. The Hall–Kier alpha value is -0.120. The monoisotopic (exact) mass is 342 g/mol. The van der Waals surface area contributed by atoms with Crippen molar-refractivity contribution in [2.75, 3.05) is 13.2 Å². The number of ether oxygens (including phenoxy) is 1. The Morgan fingerprint density at radius 2 is 1.25 bits per heavy atom. The van der Waals surface area contributed by atoms with Crippen molar-refractivity contribution in [2.24, 2.45) is 0 Å². The van der Waals surface area contributed by atoms with E-state index in [2.05, 4.69) is 6.92 Å². The van der Waals surface area contributed by atoms with Crippen molar-refractivity contribution in [3.8, 4) is 0 Å². The first-order chi connectivity index (χ1) is 11.7. The summed E-state index contributed by atoms with van der Waals surface area (Å²) in [6, 6.07) is 0. The minimum Gasteiger partial charge on any atom is -0.394 e. The summed E-state index contributed by atoms with van der Waals surface area (Å²) in [5.74, 6) is 0. The molecule has 1 aliphatic heterocycles. The fourth-order valence-electron chi connectivity index (χ4n) is 3.83. The summed E-state index contributed by atoms with van der Waals surface area (Å²) in [7, 11) is 0. The van der Waals surface area contributed by atoms with Crippen LogP contribution >= 0.6 is 0 Å². The number of rotatable bonds is 16. The van der Waals surface area contributed by atoms with Gasteiger partial charge in [-0.1, -0.05) is 96.8 Å². The summed E-state index contributed by atoms with van der Waals surface area (Å²) in [6.45, 7) is 2.80. The van der Waals surface area contributed by atoms with Crippen LogP contribution in [0.3, 0.4) is 0 Å². The molecule has 0 spiro atoms. The van der Waals surface area contributed by atoms with Gasteiger partial charge in [0, 0.05) is 6.42 Å². The number of aliphatic hydroxyl groups is 2. The Morgan fingerprint density at radius 3 is 1.71 bits per heavy atom. The second-order valence-electron chi connectivity index (χ2n) is 7.74. The Morgan fingerprint density at radius 1 is 0.792 bits per heavy atom. The van der Waals surface area contributed by atoms with Crippen molar-refractivity contribution < 1.29 is 14.9 Å². The van der Waals surface area contributed by atoms with Crippen LogP contribution in [0.5, 0.6) is 0 Å². The van der Waals surface area contributed by atoms with Gasteiger partial charge in [-0.3, -0.25) is 0 Å². The van der Waals surface area contributed by atoms with Crippen molar-refractivity contribution in [1.82, 2.24) is 0 Å². The second-order valence-corrected chi connectivity index (χ2v) is 7.74. The highest BCUT2D eigenvalue weighted by atomic mass is 16.5. The van der Waals surface area contributed by atoms with Crippen LogP contribution in [0.15, 0.2) is 0 Å². The summed E-state index contributed by atoms with van der Waals surface area (Å²) < 4.78 is 5.39. The number of unbranched alkanes of at least 4 members (excludes halogenated alkanes) is 13. The fourth-order valence-corrected chi connectivity index (χ4v) is 3.83. The van der Waals surface area contributed by atoms with E-state index in [1.54, 1.807) is 0 Å². The number of hydrogen-bond donors (Lipinski definition) is 2. The minimum absolute atomic E-state index is 0.0604. The first-order valence-corrected chi connectivity index (χ1v) is 10.7. The van der Waals surface area contributed by atoms with E-state index in [4.69, 9.17) is 4.74 Å². The highest BCUT2D eigenvalue weighted by Crippen LogP contribution is 2.31. The molecule has 1 saturated heterocycles. The third-order valence-corrected chi connectivity index (χ3v) is 5.58. The van der Waals surface area contributed by atoms with Gasteiger partial charge in [-0.25, -0.2) is 0 Å². The van der Waals surface area contributed by atoms with Gasteiger partial charge >= 0.3 is 0 Å². The molecular weight excluding hydrogens is 300 g/mol. The summed E-state index contributed by atoms with van der Waals surface area (Å²) in [5, 5.41) is 19.7. The van der Waals surface area contributed by atoms with Gasteiger partial charge in [-0.05, 0) is 6.42 Å². The van der Waals surface area contributed by atoms with E-state index >= 15 is 0 Å². The second kappa shape index (κ2) is 14.1. The van der Waals surface area contributed by atoms with Gasteiger partial charge in [0.25, 0.3) is 0 Å². The Kier molecular flexibility index (Phi) is 12.9. The molecule has 144 valence electrons. The predicted octanol–water partition coefficient (Wildman–Crippen LogP) is 5.37. The van der Waals surface area contributed by atoms with E-state index in [1.165, 1.54) is 83.5 Å². The first kappa shape index (κ1) is 21.9. The summed E-state index contributed by atoms with van der Waals surface area (Å²) in [6.07, 6.45) is 20.0. The zero-order valence-electron chi connectivity index (χ0n) is 16.1.